The van der Waals surface area contributed by atoms with Gasteiger partial charge in [-0.25, -0.2) is 0 Å². The average molecular weight is 341 g/mol. The number of nitrogens with zero attached hydrogens (tertiary/aromatic N) is 2. The molecular weight excluding hydrogens is 316 g/mol. The van der Waals surface area contributed by atoms with Crippen LogP contribution in [-0.2, 0) is 19.4 Å². The van der Waals surface area contributed by atoms with Gasteiger partial charge >= 0.3 is 0 Å². The van der Waals surface area contributed by atoms with Crippen LogP contribution in [-0.4, -0.2) is 15.8 Å². The highest BCUT2D eigenvalue weighted by Crippen LogP contribution is 2.59. The summed E-state index contributed by atoms with van der Waals surface area (Å²) >= 11 is 3.74. The fourth-order valence-corrected chi connectivity index (χ4v) is 4.93. The Morgan fingerprint density at radius 3 is 2.65 bits per heavy atom. The molecule has 0 amide bonds. The fraction of sp³-hybridized carbons (Fsp3) is 0.800. The van der Waals surface area contributed by atoms with Crippen molar-refractivity contribution in [2.24, 2.45) is 23.6 Å². The second-order valence-corrected chi connectivity index (χ2v) is 6.98. The fourth-order valence-electron chi connectivity index (χ4n) is 4.20. The Bertz CT molecular complexity index is 474. The summed E-state index contributed by atoms with van der Waals surface area (Å²) < 4.78 is 3.32. The molecule has 3 atom stereocenters. The van der Waals surface area contributed by atoms with E-state index in [4.69, 9.17) is 5.84 Å². The maximum Gasteiger partial charge on any atom is 0.0766 e. The van der Waals surface area contributed by atoms with Crippen molar-refractivity contribution in [3.05, 3.63) is 15.9 Å². The Labute approximate surface area is 129 Å². The lowest BCUT2D eigenvalue weighted by atomic mass is 10.00. The number of hydrogen-bond acceptors (Lipinski definition) is 3. The van der Waals surface area contributed by atoms with Gasteiger partial charge in [-0.3, -0.25) is 16.0 Å². The molecule has 112 valence electrons. The van der Waals surface area contributed by atoms with Gasteiger partial charge in [-0.05, 0) is 59.9 Å². The topological polar surface area (TPSA) is 55.9 Å². The molecule has 0 bridgehead atoms. The highest BCUT2D eigenvalue weighted by Gasteiger charge is 2.55. The molecule has 0 radical (unpaired) electrons. The molecule has 5 heteroatoms. The minimum atomic E-state index is 0.397. The molecule has 3 unspecified atom stereocenters. The third kappa shape index (κ3) is 2.34. The Morgan fingerprint density at radius 1 is 1.40 bits per heavy atom. The monoisotopic (exact) mass is 340 g/mol. The maximum absolute atomic E-state index is 5.85. The molecule has 1 heterocycles. The number of rotatable bonds is 6. The third-order valence-corrected chi connectivity index (χ3v) is 6.17. The van der Waals surface area contributed by atoms with Gasteiger partial charge in [0.05, 0.1) is 15.9 Å². The van der Waals surface area contributed by atoms with Crippen LogP contribution in [0.3, 0.4) is 0 Å². The van der Waals surface area contributed by atoms with Gasteiger partial charge in [0, 0.05) is 19.0 Å². The summed E-state index contributed by atoms with van der Waals surface area (Å²) in [5.41, 5.74) is 5.55. The van der Waals surface area contributed by atoms with Gasteiger partial charge < -0.3 is 0 Å². The largest absolute Gasteiger partial charge is 0.271 e. The predicted octanol–water partition coefficient (Wildman–Crippen LogP) is 2.65. The van der Waals surface area contributed by atoms with E-state index in [0.29, 0.717) is 6.04 Å². The summed E-state index contributed by atoms with van der Waals surface area (Å²) in [6, 6.07) is 0.397. The Kier molecular flexibility index (Phi) is 4.20. The molecule has 2 fully saturated rings. The van der Waals surface area contributed by atoms with Crippen molar-refractivity contribution in [3.63, 3.8) is 0 Å². The van der Waals surface area contributed by atoms with Crippen LogP contribution < -0.4 is 11.3 Å². The van der Waals surface area contributed by atoms with E-state index in [1.54, 1.807) is 0 Å². The van der Waals surface area contributed by atoms with Crippen molar-refractivity contribution in [3.8, 4) is 0 Å². The first-order valence-corrected chi connectivity index (χ1v) is 8.70. The average Bonchev–Trinajstić information content (AvgIpc) is 2.84. The minimum Gasteiger partial charge on any atom is -0.271 e. The van der Waals surface area contributed by atoms with Crippen LogP contribution in [0.15, 0.2) is 4.47 Å². The van der Waals surface area contributed by atoms with Crippen LogP contribution >= 0.6 is 15.9 Å². The number of hydrazine groups is 1. The van der Waals surface area contributed by atoms with Gasteiger partial charge in [0.2, 0.25) is 0 Å². The number of aryl methyl sites for hydroxylation is 2. The Hall–Kier alpha value is -0.390. The van der Waals surface area contributed by atoms with Crippen molar-refractivity contribution in [2.75, 3.05) is 0 Å². The summed E-state index contributed by atoms with van der Waals surface area (Å²) in [6.07, 6.45) is 6.18. The van der Waals surface area contributed by atoms with E-state index >= 15 is 0 Å². The van der Waals surface area contributed by atoms with Crippen molar-refractivity contribution in [1.82, 2.24) is 15.2 Å². The standard InChI is InChI=1S/C15H25BrN4/c1-3-11-15(16)13(20(4-2)19-11)8-12(18-17)14-9-6-5-7-10(9)14/h9-10,12,14,18H,3-8,17H2,1-2H3. The molecule has 1 aromatic heterocycles. The lowest BCUT2D eigenvalue weighted by Crippen LogP contribution is -2.40. The lowest BCUT2D eigenvalue weighted by Gasteiger charge is -2.18. The first-order chi connectivity index (χ1) is 9.71. The van der Waals surface area contributed by atoms with Crippen molar-refractivity contribution < 1.29 is 0 Å². The number of hydrogen-bond donors (Lipinski definition) is 2. The van der Waals surface area contributed by atoms with Crippen LogP contribution in [0.2, 0.25) is 0 Å². The summed E-state index contributed by atoms with van der Waals surface area (Å²) in [5, 5.41) is 4.69. The molecule has 3 N–H and O–H groups in total. The van der Waals surface area contributed by atoms with Crippen molar-refractivity contribution >= 4 is 15.9 Å². The second kappa shape index (κ2) is 5.78. The maximum atomic E-state index is 5.85. The highest BCUT2D eigenvalue weighted by molar-refractivity contribution is 9.10. The van der Waals surface area contributed by atoms with Gasteiger partial charge in [-0.1, -0.05) is 13.3 Å². The molecule has 2 aliphatic rings. The molecule has 0 aromatic carbocycles. The number of nitrogens with one attached hydrogen (secondary N) is 1. The van der Waals surface area contributed by atoms with E-state index in [1.807, 2.05) is 0 Å². The van der Waals surface area contributed by atoms with Crippen LogP contribution in [0, 0.1) is 17.8 Å². The molecule has 0 saturated heterocycles. The van der Waals surface area contributed by atoms with Gasteiger partial charge in [0.25, 0.3) is 0 Å². The highest BCUT2D eigenvalue weighted by atomic mass is 79.9. The molecule has 2 aliphatic carbocycles. The predicted molar refractivity (Wildman–Crippen MR) is 84.1 cm³/mol. The second-order valence-electron chi connectivity index (χ2n) is 6.19. The summed E-state index contributed by atoms with van der Waals surface area (Å²) in [5.74, 6) is 8.49. The van der Waals surface area contributed by atoms with Gasteiger partial charge in [0.15, 0.2) is 0 Å². The third-order valence-electron chi connectivity index (χ3n) is 5.26. The zero-order valence-corrected chi connectivity index (χ0v) is 14.0. The van der Waals surface area contributed by atoms with Crippen LogP contribution in [0.25, 0.3) is 0 Å². The van der Waals surface area contributed by atoms with Crippen molar-refractivity contribution in [2.45, 2.75) is 58.5 Å². The first kappa shape index (κ1) is 14.5. The quantitative estimate of drug-likeness (QED) is 0.618. The zero-order chi connectivity index (χ0) is 14.3. The Morgan fingerprint density at radius 2 is 2.10 bits per heavy atom. The molecule has 1 aromatic rings. The Balaban J connectivity index is 1.77. The first-order valence-electron chi connectivity index (χ1n) is 7.91. The molecule has 3 rings (SSSR count). The normalized spacial score (nSPS) is 29.5. The summed E-state index contributed by atoms with van der Waals surface area (Å²) in [4.78, 5) is 0. The van der Waals surface area contributed by atoms with E-state index in [9.17, 15) is 0 Å². The molecule has 2 saturated carbocycles. The number of halogens is 1. The van der Waals surface area contributed by atoms with Gasteiger partial charge in [0.1, 0.15) is 0 Å². The van der Waals surface area contributed by atoms with Gasteiger partial charge in [-0.15, -0.1) is 0 Å². The zero-order valence-electron chi connectivity index (χ0n) is 12.4. The van der Waals surface area contributed by atoms with Crippen molar-refractivity contribution in [1.29, 1.82) is 0 Å². The SMILES string of the molecule is CCc1nn(CC)c(CC(NN)C2C3CCCC32)c1Br. The van der Waals surface area contributed by atoms with E-state index in [0.717, 1.165) is 42.8 Å². The molecule has 20 heavy (non-hydrogen) atoms. The number of aromatic nitrogens is 2. The number of fused-ring (bicyclic) bond motifs is 1. The number of nitrogens with two attached hydrogens (primary N) is 1. The van der Waals surface area contributed by atoms with E-state index in [2.05, 4.69) is 45.0 Å². The van der Waals surface area contributed by atoms with E-state index in [-0.39, 0.29) is 0 Å². The van der Waals surface area contributed by atoms with E-state index in [1.165, 1.54) is 29.4 Å². The van der Waals surface area contributed by atoms with Crippen LogP contribution in [0.4, 0.5) is 0 Å². The van der Waals surface area contributed by atoms with E-state index < -0.39 is 0 Å². The van der Waals surface area contributed by atoms with Crippen LogP contribution in [0.1, 0.15) is 44.5 Å². The van der Waals surface area contributed by atoms with Crippen LogP contribution in [0.5, 0.6) is 0 Å². The van der Waals surface area contributed by atoms with Gasteiger partial charge in [-0.2, -0.15) is 5.10 Å². The lowest BCUT2D eigenvalue weighted by molar-refractivity contribution is 0.399. The smallest absolute Gasteiger partial charge is 0.0766 e. The summed E-state index contributed by atoms with van der Waals surface area (Å²) in [7, 11) is 0. The summed E-state index contributed by atoms with van der Waals surface area (Å²) in [6.45, 7) is 5.22. The molecule has 0 aliphatic heterocycles. The molecule has 4 nitrogen and oxygen atoms in total. The molecule has 0 spiro atoms. The minimum absolute atomic E-state index is 0.397. The molecular formula is C15H25BrN4.